The van der Waals surface area contributed by atoms with E-state index < -0.39 is 0 Å². The van der Waals surface area contributed by atoms with Crippen molar-refractivity contribution in [2.24, 2.45) is 0 Å². The second-order valence-electron chi connectivity index (χ2n) is 7.49. The largest absolute Gasteiger partial charge is 0.496 e. The fraction of sp³-hybridized carbons (Fsp3) is 0.200. The lowest BCUT2D eigenvalue weighted by atomic mass is 9.93. The Hall–Kier alpha value is -3.31. The molecule has 0 spiro atoms. The molecule has 1 aromatic heterocycles. The Bertz CT molecular complexity index is 1200. The third-order valence-electron chi connectivity index (χ3n) is 5.72. The molecule has 152 valence electrons. The Kier molecular flexibility index (Phi) is 4.89. The minimum Gasteiger partial charge on any atom is -0.496 e. The molecule has 4 aromatic rings. The maximum absolute atomic E-state index is 13.9. The van der Waals surface area contributed by atoms with Crippen molar-refractivity contribution < 1.29 is 13.9 Å². The standard InChI is InChI=1S/C25H23FN2O2/c1-29-22-11-10-16(14-17(22)15-30-23-9-5-3-7-20(23)26)24-25-19(12-13-27-24)18-6-2-4-8-21(18)28-25/h2-11,14,24,27-28H,12-13,15H2,1H3/t24-/m0/s1. The van der Waals surface area contributed by atoms with E-state index in [1.807, 2.05) is 6.07 Å². The van der Waals surface area contributed by atoms with E-state index in [4.69, 9.17) is 9.47 Å². The zero-order valence-electron chi connectivity index (χ0n) is 16.7. The minimum atomic E-state index is -0.371. The van der Waals surface area contributed by atoms with E-state index in [0.717, 1.165) is 35.4 Å². The van der Waals surface area contributed by atoms with E-state index >= 15 is 0 Å². The zero-order chi connectivity index (χ0) is 20.5. The molecule has 30 heavy (non-hydrogen) atoms. The summed E-state index contributed by atoms with van der Waals surface area (Å²) in [5.74, 6) is 0.589. The van der Waals surface area contributed by atoms with E-state index in [1.165, 1.54) is 22.7 Å². The molecule has 5 heteroatoms. The summed E-state index contributed by atoms with van der Waals surface area (Å²) >= 11 is 0. The molecule has 2 N–H and O–H groups in total. The molecule has 0 unspecified atom stereocenters. The van der Waals surface area contributed by atoms with Crippen molar-refractivity contribution in [3.63, 3.8) is 0 Å². The number of H-pyrrole nitrogens is 1. The van der Waals surface area contributed by atoms with E-state index in [9.17, 15) is 4.39 Å². The topological polar surface area (TPSA) is 46.3 Å². The van der Waals surface area contributed by atoms with Crippen molar-refractivity contribution in [3.8, 4) is 11.5 Å². The lowest BCUT2D eigenvalue weighted by Gasteiger charge is -2.25. The number of benzene rings is 3. The third-order valence-corrected chi connectivity index (χ3v) is 5.72. The molecule has 0 bridgehead atoms. The molecule has 2 heterocycles. The van der Waals surface area contributed by atoms with Crippen molar-refractivity contribution in [1.29, 1.82) is 0 Å². The highest BCUT2D eigenvalue weighted by Crippen LogP contribution is 2.35. The van der Waals surface area contributed by atoms with Gasteiger partial charge in [-0.15, -0.1) is 0 Å². The molecule has 0 radical (unpaired) electrons. The molecule has 0 amide bonds. The van der Waals surface area contributed by atoms with Crippen LogP contribution in [0.4, 0.5) is 4.39 Å². The maximum Gasteiger partial charge on any atom is 0.165 e. The average molecular weight is 402 g/mol. The maximum atomic E-state index is 13.9. The Morgan fingerprint density at radius 1 is 1.00 bits per heavy atom. The fourth-order valence-electron chi connectivity index (χ4n) is 4.27. The van der Waals surface area contributed by atoms with Crippen molar-refractivity contribution >= 4 is 10.9 Å². The predicted molar refractivity (Wildman–Crippen MR) is 116 cm³/mol. The first-order valence-corrected chi connectivity index (χ1v) is 10.1. The summed E-state index contributed by atoms with van der Waals surface area (Å²) in [6, 6.07) is 21.0. The van der Waals surface area contributed by atoms with Gasteiger partial charge in [-0.3, -0.25) is 0 Å². The van der Waals surface area contributed by atoms with Crippen LogP contribution in [-0.2, 0) is 13.0 Å². The van der Waals surface area contributed by atoms with Crippen LogP contribution in [0.3, 0.4) is 0 Å². The van der Waals surface area contributed by atoms with Crippen LogP contribution < -0.4 is 14.8 Å². The van der Waals surface area contributed by atoms with Crippen LogP contribution in [0.5, 0.6) is 11.5 Å². The summed E-state index contributed by atoms with van der Waals surface area (Å²) in [5.41, 5.74) is 5.73. The number of hydrogen-bond acceptors (Lipinski definition) is 3. The SMILES string of the molecule is COc1ccc([C@@H]2NCCc3c2[nH]c2ccccc32)cc1COc1ccccc1F. The number of ether oxygens (including phenoxy) is 2. The van der Waals surface area contributed by atoms with Gasteiger partial charge < -0.3 is 19.8 Å². The highest BCUT2D eigenvalue weighted by molar-refractivity contribution is 5.85. The van der Waals surface area contributed by atoms with Crippen LogP contribution in [0.25, 0.3) is 10.9 Å². The predicted octanol–water partition coefficient (Wildman–Crippen LogP) is 5.13. The van der Waals surface area contributed by atoms with Crippen LogP contribution in [0.1, 0.15) is 28.4 Å². The minimum absolute atomic E-state index is 0.0549. The van der Waals surface area contributed by atoms with Gasteiger partial charge in [-0.05, 0) is 47.9 Å². The van der Waals surface area contributed by atoms with Gasteiger partial charge in [-0.2, -0.15) is 0 Å². The van der Waals surface area contributed by atoms with Crippen molar-refractivity contribution in [3.05, 3.63) is 94.9 Å². The normalized spacial score (nSPS) is 15.7. The van der Waals surface area contributed by atoms with E-state index in [2.05, 4.69) is 46.7 Å². The van der Waals surface area contributed by atoms with Crippen LogP contribution in [0, 0.1) is 5.82 Å². The van der Waals surface area contributed by atoms with E-state index in [-0.39, 0.29) is 24.2 Å². The number of methoxy groups -OCH3 is 1. The summed E-state index contributed by atoms with van der Waals surface area (Å²) in [6.07, 6.45) is 0.995. The molecule has 1 atom stereocenters. The van der Waals surface area contributed by atoms with Gasteiger partial charge in [0.25, 0.3) is 0 Å². The first kappa shape index (κ1) is 18.7. The number of nitrogens with one attached hydrogen (secondary N) is 2. The number of rotatable bonds is 5. The van der Waals surface area contributed by atoms with Gasteiger partial charge in [0.05, 0.1) is 13.2 Å². The first-order valence-electron chi connectivity index (χ1n) is 10.1. The van der Waals surface area contributed by atoms with Gasteiger partial charge in [-0.1, -0.05) is 36.4 Å². The highest BCUT2D eigenvalue weighted by atomic mass is 19.1. The van der Waals surface area contributed by atoms with Gasteiger partial charge in [-0.25, -0.2) is 4.39 Å². The van der Waals surface area contributed by atoms with Crippen molar-refractivity contribution in [1.82, 2.24) is 10.3 Å². The monoisotopic (exact) mass is 402 g/mol. The molecule has 0 saturated carbocycles. The van der Waals surface area contributed by atoms with Crippen molar-refractivity contribution in [2.45, 2.75) is 19.1 Å². The zero-order valence-corrected chi connectivity index (χ0v) is 16.7. The van der Waals surface area contributed by atoms with Crippen LogP contribution >= 0.6 is 0 Å². The van der Waals surface area contributed by atoms with E-state index in [1.54, 1.807) is 25.3 Å². The summed E-state index contributed by atoms with van der Waals surface area (Å²) in [7, 11) is 1.64. The summed E-state index contributed by atoms with van der Waals surface area (Å²) in [6.45, 7) is 1.14. The Labute approximate surface area is 174 Å². The molecular formula is C25H23FN2O2. The van der Waals surface area contributed by atoms with Crippen LogP contribution in [0.2, 0.25) is 0 Å². The Morgan fingerprint density at radius 3 is 2.70 bits per heavy atom. The van der Waals surface area contributed by atoms with Crippen molar-refractivity contribution in [2.75, 3.05) is 13.7 Å². The highest BCUT2D eigenvalue weighted by Gasteiger charge is 2.25. The number of halogens is 1. The molecule has 1 aliphatic rings. The Balaban J connectivity index is 1.49. The number of hydrogen-bond donors (Lipinski definition) is 2. The smallest absolute Gasteiger partial charge is 0.165 e. The van der Waals surface area contributed by atoms with Gasteiger partial charge in [0, 0.05) is 28.7 Å². The quantitative estimate of drug-likeness (QED) is 0.487. The Morgan fingerprint density at radius 2 is 1.83 bits per heavy atom. The number of aromatic nitrogens is 1. The molecule has 0 saturated heterocycles. The lowest BCUT2D eigenvalue weighted by Crippen LogP contribution is -2.30. The molecule has 4 nitrogen and oxygen atoms in total. The summed E-state index contributed by atoms with van der Waals surface area (Å²) < 4.78 is 25.2. The molecule has 3 aromatic carbocycles. The molecule has 0 aliphatic carbocycles. The molecule has 0 fully saturated rings. The summed E-state index contributed by atoms with van der Waals surface area (Å²) in [5, 5.41) is 4.91. The van der Waals surface area contributed by atoms with E-state index in [0.29, 0.717) is 0 Å². The lowest BCUT2D eigenvalue weighted by molar-refractivity contribution is 0.282. The number of aromatic amines is 1. The molecule has 1 aliphatic heterocycles. The van der Waals surface area contributed by atoms with Crippen LogP contribution in [-0.4, -0.2) is 18.6 Å². The number of fused-ring (bicyclic) bond motifs is 3. The van der Waals surface area contributed by atoms with Gasteiger partial charge >= 0.3 is 0 Å². The number of para-hydroxylation sites is 2. The van der Waals surface area contributed by atoms with Gasteiger partial charge in [0.2, 0.25) is 0 Å². The molecular weight excluding hydrogens is 379 g/mol. The van der Waals surface area contributed by atoms with Gasteiger partial charge in [0.1, 0.15) is 12.4 Å². The average Bonchev–Trinajstić information content (AvgIpc) is 3.17. The first-order chi connectivity index (χ1) is 14.7. The third kappa shape index (κ3) is 3.31. The second kappa shape index (κ2) is 7.84. The van der Waals surface area contributed by atoms with Crippen LogP contribution in [0.15, 0.2) is 66.7 Å². The summed E-state index contributed by atoms with van der Waals surface area (Å²) in [4.78, 5) is 3.60. The molecule has 5 rings (SSSR count). The fourth-order valence-corrected chi connectivity index (χ4v) is 4.27. The second-order valence-corrected chi connectivity index (χ2v) is 7.49. The van der Waals surface area contributed by atoms with Gasteiger partial charge in [0.15, 0.2) is 11.6 Å².